The minimum atomic E-state index is -3.25. The highest BCUT2D eigenvalue weighted by Crippen LogP contribution is 2.21. The summed E-state index contributed by atoms with van der Waals surface area (Å²) in [6.45, 7) is 1.86. The third kappa shape index (κ3) is 3.92. The van der Waals surface area contributed by atoms with Crippen molar-refractivity contribution in [3.63, 3.8) is 0 Å². The first-order valence-corrected chi connectivity index (χ1v) is 9.46. The molecule has 0 aromatic heterocycles. The first kappa shape index (κ1) is 15.4. The second kappa shape index (κ2) is 6.02. The molecule has 7 heteroatoms. The van der Waals surface area contributed by atoms with Gasteiger partial charge in [0, 0.05) is 10.7 Å². The predicted molar refractivity (Wildman–Crippen MR) is 75.6 cm³/mol. The Kier molecular flexibility index (Phi) is 5.46. The summed E-state index contributed by atoms with van der Waals surface area (Å²) in [5.74, 6) is -0.240. The average Bonchev–Trinajstić information content (AvgIpc) is 2.28. The Labute approximate surface area is 119 Å². The van der Waals surface area contributed by atoms with Crippen molar-refractivity contribution in [3.8, 4) is 0 Å². The van der Waals surface area contributed by atoms with Gasteiger partial charge < -0.3 is 5.32 Å². The number of amides is 1. The van der Waals surface area contributed by atoms with E-state index >= 15 is 0 Å². The molecule has 1 aliphatic heterocycles. The Hall–Kier alpha value is 0.380. The fraction of sp³-hybridized carbons (Fsp3) is 0.900. The molecule has 1 fully saturated rings. The van der Waals surface area contributed by atoms with E-state index in [0.29, 0.717) is 23.5 Å². The summed E-state index contributed by atoms with van der Waals surface area (Å²) in [5.41, 5.74) is -0.454. The number of carbonyl (C=O) groups excluding carboxylic acids is 1. The second-order valence-corrected chi connectivity index (χ2v) is 8.09. The summed E-state index contributed by atoms with van der Waals surface area (Å²) in [4.78, 5) is 12.0. The van der Waals surface area contributed by atoms with Crippen molar-refractivity contribution in [2.45, 2.75) is 37.0 Å². The molecular formula is C10H17Br2NO3S. The van der Waals surface area contributed by atoms with Gasteiger partial charge in [-0.2, -0.15) is 0 Å². The fourth-order valence-electron chi connectivity index (χ4n) is 1.73. The topological polar surface area (TPSA) is 63.2 Å². The lowest BCUT2D eigenvalue weighted by molar-refractivity contribution is -0.122. The summed E-state index contributed by atoms with van der Waals surface area (Å²) >= 11 is 6.64. The molecule has 1 aliphatic rings. The molecule has 0 spiro atoms. The number of carbonyl (C=O) groups is 1. The van der Waals surface area contributed by atoms with Crippen LogP contribution in [0.1, 0.15) is 26.2 Å². The van der Waals surface area contributed by atoms with Crippen LogP contribution in [0.4, 0.5) is 0 Å². The maximum Gasteiger partial charge on any atom is 0.238 e. The number of rotatable bonds is 4. The largest absolute Gasteiger partial charge is 0.348 e. The van der Waals surface area contributed by atoms with Crippen molar-refractivity contribution in [2.75, 3.05) is 16.4 Å². The van der Waals surface area contributed by atoms with Crippen LogP contribution in [0.15, 0.2) is 0 Å². The molecule has 17 heavy (non-hydrogen) atoms. The van der Waals surface area contributed by atoms with Gasteiger partial charge in [-0.15, -0.1) is 0 Å². The number of hydrogen-bond acceptors (Lipinski definition) is 3. The standard InChI is InChI=1S/C10H17Br2NO3S/c1-10(6-11,7-12)13-9(14)8-4-2-3-5-17(8,15)16/h8H,2-7H2,1H3,(H,13,14). The Morgan fingerprint density at radius 3 is 2.41 bits per heavy atom. The second-order valence-electron chi connectivity index (χ2n) is 4.67. The third-order valence-corrected chi connectivity index (χ3v) is 7.54. The Morgan fingerprint density at radius 1 is 1.35 bits per heavy atom. The monoisotopic (exact) mass is 389 g/mol. The molecule has 0 aliphatic carbocycles. The first-order chi connectivity index (χ1) is 7.84. The van der Waals surface area contributed by atoms with Crippen LogP contribution in [0, 0.1) is 0 Å². The summed E-state index contributed by atoms with van der Waals surface area (Å²) < 4.78 is 23.6. The van der Waals surface area contributed by atoms with E-state index in [4.69, 9.17) is 0 Å². The van der Waals surface area contributed by atoms with Crippen LogP contribution in [-0.2, 0) is 14.6 Å². The third-order valence-electron chi connectivity index (χ3n) is 2.89. The normalized spacial score (nSPS) is 24.3. The lowest BCUT2D eigenvalue weighted by Gasteiger charge is -2.30. The van der Waals surface area contributed by atoms with Crippen molar-refractivity contribution in [1.29, 1.82) is 0 Å². The van der Waals surface area contributed by atoms with Gasteiger partial charge in [0.1, 0.15) is 5.25 Å². The predicted octanol–water partition coefficient (Wildman–Crippen LogP) is 1.62. The van der Waals surface area contributed by atoms with Gasteiger partial charge in [-0.3, -0.25) is 4.79 Å². The van der Waals surface area contributed by atoms with Gasteiger partial charge in [0.05, 0.1) is 11.3 Å². The van der Waals surface area contributed by atoms with Gasteiger partial charge in [0.2, 0.25) is 5.91 Å². The highest BCUT2D eigenvalue weighted by molar-refractivity contribution is 9.09. The van der Waals surface area contributed by atoms with E-state index in [1.54, 1.807) is 0 Å². The van der Waals surface area contributed by atoms with E-state index < -0.39 is 20.6 Å². The zero-order valence-corrected chi connectivity index (χ0v) is 13.7. The fourth-order valence-corrected chi connectivity index (χ4v) is 4.74. The van der Waals surface area contributed by atoms with Gasteiger partial charge in [-0.25, -0.2) is 8.42 Å². The molecule has 4 nitrogen and oxygen atoms in total. The minimum Gasteiger partial charge on any atom is -0.348 e. The van der Waals surface area contributed by atoms with E-state index in [0.717, 1.165) is 6.42 Å². The van der Waals surface area contributed by atoms with E-state index in [-0.39, 0.29) is 11.7 Å². The molecular weight excluding hydrogens is 374 g/mol. The van der Waals surface area contributed by atoms with E-state index in [9.17, 15) is 13.2 Å². The molecule has 100 valence electrons. The molecule has 1 heterocycles. The van der Waals surface area contributed by atoms with E-state index in [2.05, 4.69) is 37.2 Å². The number of hydrogen-bond donors (Lipinski definition) is 1. The van der Waals surface area contributed by atoms with Crippen LogP contribution >= 0.6 is 31.9 Å². The molecule has 0 saturated carbocycles. The Bertz CT molecular complexity index is 379. The van der Waals surface area contributed by atoms with Gasteiger partial charge in [-0.05, 0) is 19.8 Å². The molecule has 1 amide bonds. The number of alkyl halides is 2. The SMILES string of the molecule is CC(CBr)(CBr)NC(=O)C1CCCCS1(=O)=O. The van der Waals surface area contributed by atoms with Crippen LogP contribution in [0.5, 0.6) is 0 Å². The van der Waals surface area contributed by atoms with Crippen LogP contribution in [0.25, 0.3) is 0 Å². The maximum absolute atomic E-state index is 12.0. The van der Waals surface area contributed by atoms with Crippen LogP contribution in [0.2, 0.25) is 0 Å². The molecule has 1 saturated heterocycles. The number of nitrogens with one attached hydrogen (secondary N) is 1. The van der Waals surface area contributed by atoms with Crippen molar-refractivity contribution < 1.29 is 13.2 Å². The molecule has 1 rings (SSSR count). The molecule has 1 N–H and O–H groups in total. The quantitative estimate of drug-likeness (QED) is 0.742. The summed E-state index contributed by atoms with van der Waals surface area (Å²) in [6.07, 6.45) is 1.91. The zero-order chi connectivity index (χ0) is 13.1. The molecule has 0 aromatic rings. The van der Waals surface area contributed by atoms with Crippen molar-refractivity contribution in [2.24, 2.45) is 0 Å². The van der Waals surface area contributed by atoms with Crippen LogP contribution in [-0.4, -0.2) is 41.5 Å². The van der Waals surface area contributed by atoms with Crippen LogP contribution in [0.3, 0.4) is 0 Å². The Morgan fingerprint density at radius 2 is 1.94 bits per heavy atom. The van der Waals surface area contributed by atoms with Gasteiger partial charge >= 0.3 is 0 Å². The average molecular weight is 391 g/mol. The first-order valence-electron chi connectivity index (χ1n) is 5.50. The molecule has 0 bridgehead atoms. The smallest absolute Gasteiger partial charge is 0.238 e. The lowest BCUT2D eigenvalue weighted by Crippen LogP contribution is -2.54. The summed E-state index contributed by atoms with van der Waals surface area (Å²) in [7, 11) is -3.25. The molecule has 0 radical (unpaired) electrons. The minimum absolute atomic E-state index is 0.129. The van der Waals surface area contributed by atoms with Crippen molar-refractivity contribution >= 4 is 47.6 Å². The molecule has 1 unspecified atom stereocenters. The molecule has 1 atom stereocenters. The molecule has 0 aromatic carbocycles. The maximum atomic E-state index is 12.0. The van der Waals surface area contributed by atoms with Crippen molar-refractivity contribution in [3.05, 3.63) is 0 Å². The Balaban J connectivity index is 2.76. The number of halogens is 2. The lowest BCUT2D eigenvalue weighted by atomic mass is 10.1. The van der Waals surface area contributed by atoms with Gasteiger partial charge in [-0.1, -0.05) is 38.3 Å². The van der Waals surface area contributed by atoms with Gasteiger partial charge in [0.25, 0.3) is 0 Å². The highest BCUT2D eigenvalue weighted by Gasteiger charge is 2.37. The van der Waals surface area contributed by atoms with E-state index in [1.807, 2.05) is 6.92 Å². The van der Waals surface area contributed by atoms with Crippen molar-refractivity contribution in [1.82, 2.24) is 5.32 Å². The highest BCUT2D eigenvalue weighted by atomic mass is 79.9. The summed E-state index contributed by atoms with van der Waals surface area (Å²) in [5, 5.41) is 3.09. The van der Waals surface area contributed by atoms with Crippen LogP contribution < -0.4 is 5.32 Å². The number of sulfone groups is 1. The van der Waals surface area contributed by atoms with E-state index in [1.165, 1.54) is 0 Å². The summed E-state index contributed by atoms with van der Waals surface area (Å²) in [6, 6.07) is 0. The van der Waals surface area contributed by atoms with Gasteiger partial charge in [0.15, 0.2) is 9.84 Å². The zero-order valence-electron chi connectivity index (χ0n) is 9.71.